The highest BCUT2D eigenvalue weighted by molar-refractivity contribution is 7.15. The molecule has 0 saturated heterocycles. The molecule has 7 nitrogen and oxygen atoms in total. The molecule has 0 fully saturated rings. The minimum Gasteiger partial charge on any atom is -0.264 e. The smallest absolute Gasteiger partial charge is 0.264 e. The van der Waals surface area contributed by atoms with Gasteiger partial charge in [-0.1, -0.05) is 0 Å². The van der Waals surface area contributed by atoms with Crippen molar-refractivity contribution in [2.24, 2.45) is 0 Å². The fraction of sp³-hybridized carbons (Fsp3) is 0.500. The van der Waals surface area contributed by atoms with Crippen molar-refractivity contribution in [1.82, 2.24) is 4.98 Å². The first-order chi connectivity index (χ1) is 6.35. The zero-order valence-electron chi connectivity index (χ0n) is 7.46. The van der Waals surface area contributed by atoms with Gasteiger partial charge in [-0.2, -0.15) is 0 Å². The van der Waals surface area contributed by atoms with Gasteiger partial charge in [0.15, 0.2) is 5.01 Å². The number of nitrogens with zero attached hydrogens (tertiary/aromatic N) is 3. The third kappa shape index (κ3) is 1.69. The number of thiazole rings is 1. The van der Waals surface area contributed by atoms with Crippen molar-refractivity contribution in [3.8, 4) is 0 Å². The van der Waals surface area contributed by atoms with E-state index >= 15 is 0 Å². The second kappa shape index (κ2) is 3.29. The molecule has 0 radical (unpaired) electrons. The predicted molar refractivity (Wildman–Crippen MR) is 48.8 cm³/mol. The molecule has 0 bridgehead atoms. The molecule has 1 aromatic heterocycles. The number of aromatic nitrogens is 1. The van der Waals surface area contributed by atoms with Crippen molar-refractivity contribution >= 4 is 16.3 Å². The lowest BCUT2D eigenvalue weighted by atomic mass is 10.1. The highest BCUT2D eigenvalue weighted by Gasteiger charge is 2.38. The normalized spacial score (nSPS) is 11.3. The summed E-state index contributed by atoms with van der Waals surface area (Å²) in [6.07, 6.45) is 1.03. The van der Waals surface area contributed by atoms with E-state index in [-0.39, 0.29) is 10.0 Å². The van der Waals surface area contributed by atoms with Crippen LogP contribution in [0.3, 0.4) is 0 Å². The highest BCUT2D eigenvalue weighted by Crippen LogP contribution is 2.31. The molecule has 14 heavy (non-hydrogen) atoms. The lowest BCUT2D eigenvalue weighted by Gasteiger charge is -2.10. The van der Waals surface area contributed by atoms with Crippen LogP contribution in [-0.2, 0) is 5.54 Å². The summed E-state index contributed by atoms with van der Waals surface area (Å²) in [4.78, 5) is 23.5. The Morgan fingerprint density at radius 3 is 2.36 bits per heavy atom. The third-order valence-electron chi connectivity index (χ3n) is 1.65. The van der Waals surface area contributed by atoms with Crippen LogP contribution in [0.15, 0.2) is 6.20 Å². The van der Waals surface area contributed by atoms with Crippen molar-refractivity contribution in [3.05, 3.63) is 31.4 Å². The maximum absolute atomic E-state index is 10.6. The molecule has 1 rings (SSSR count). The fourth-order valence-electron chi connectivity index (χ4n) is 0.711. The third-order valence-corrected chi connectivity index (χ3v) is 2.92. The summed E-state index contributed by atoms with van der Waals surface area (Å²) >= 11 is 0.724. The molecule has 1 heterocycles. The second-order valence-electron chi connectivity index (χ2n) is 3.08. The first kappa shape index (κ1) is 10.5. The zero-order chi connectivity index (χ0) is 10.9. The lowest BCUT2D eigenvalue weighted by molar-refractivity contribution is -0.569. The first-order valence-electron chi connectivity index (χ1n) is 3.61. The van der Waals surface area contributed by atoms with Gasteiger partial charge in [0.25, 0.3) is 5.54 Å². The van der Waals surface area contributed by atoms with E-state index in [0.29, 0.717) is 0 Å². The van der Waals surface area contributed by atoms with Crippen LogP contribution in [0, 0.1) is 20.2 Å². The molecule has 76 valence electrons. The van der Waals surface area contributed by atoms with Crippen molar-refractivity contribution in [2.75, 3.05) is 0 Å². The largest absolute Gasteiger partial charge is 0.344 e. The number of hydrogen-bond donors (Lipinski definition) is 0. The Labute approximate surface area is 82.7 Å². The van der Waals surface area contributed by atoms with E-state index in [1.54, 1.807) is 0 Å². The van der Waals surface area contributed by atoms with Gasteiger partial charge in [0.1, 0.15) is 6.20 Å². The molecule has 0 aliphatic heterocycles. The monoisotopic (exact) mass is 217 g/mol. The van der Waals surface area contributed by atoms with Crippen LogP contribution >= 0.6 is 11.3 Å². The average Bonchev–Trinajstić information content (AvgIpc) is 2.51. The van der Waals surface area contributed by atoms with Gasteiger partial charge in [0.05, 0.1) is 4.92 Å². The quantitative estimate of drug-likeness (QED) is 0.565. The van der Waals surface area contributed by atoms with Crippen molar-refractivity contribution in [2.45, 2.75) is 19.4 Å². The summed E-state index contributed by atoms with van der Waals surface area (Å²) in [6, 6.07) is 0. The Hall–Kier alpha value is -1.57. The molecule has 0 atom stereocenters. The predicted octanol–water partition coefficient (Wildman–Crippen LogP) is 1.56. The SMILES string of the molecule is CC(C)(c1ncc([N+](=O)[O-])s1)[N+](=O)[O-]. The highest BCUT2D eigenvalue weighted by atomic mass is 32.1. The number of hydrogen-bond acceptors (Lipinski definition) is 6. The molecule has 0 aromatic carbocycles. The number of rotatable bonds is 3. The molecular weight excluding hydrogens is 210 g/mol. The summed E-state index contributed by atoms with van der Waals surface area (Å²) in [7, 11) is 0. The van der Waals surface area contributed by atoms with Gasteiger partial charge in [0, 0.05) is 18.8 Å². The standard InChI is InChI=1S/C6H7N3O4S/c1-6(2,9(12)13)5-7-3-4(14-5)8(10)11/h3H,1-2H3. The van der Waals surface area contributed by atoms with Crippen LogP contribution in [0.4, 0.5) is 5.00 Å². The van der Waals surface area contributed by atoms with Gasteiger partial charge >= 0.3 is 5.00 Å². The minimum atomic E-state index is -1.38. The van der Waals surface area contributed by atoms with Crippen LogP contribution in [0.5, 0.6) is 0 Å². The Morgan fingerprint density at radius 1 is 1.43 bits per heavy atom. The topological polar surface area (TPSA) is 99.2 Å². The van der Waals surface area contributed by atoms with Gasteiger partial charge in [-0.15, -0.1) is 0 Å². The second-order valence-corrected chi connectivity index (χ2v) is 4.09. The summed E-state index contributed by atoms with van der Waals surface area (Å²) in [5.74, 6) is 0. The zero-order valence-corrected chi connectivity index (χ0v) is 8.28. The van der Waals surface area contributed by atoms with Gasteiger partial charge in [0.2, 0.25) is 0 Å². The Morgan fingerprint density at radius 2 is 2.00 bits per heavy atom. The van der Waals surface area contributed by atoms with Crippen molar-refractivity contribution in [1.29, 1.82) is 0 Å². The van der Waals surface area contributed by atoms with Crippen LogP contribution < -0.4 is 0 Å². The number of nitro groups is 2. The van der Waals surface area contributed by atoms with Crippen LogP contribution in [-0.4, -0.2) is 14.8 Å². The molecule has 0 aliphatic rings. The van der Waals surface area contributed by atoms with Gasteiger partial charge in [-0.05, 0) is 11.3 Å². The van der Waals surface area contributed by atoms with Crippen molar-refractivity contribution in [3.63, 3.8) is 0 Å². The molecule has 8 heteroatoms. The van der Waals surface area contributed by atoms with Crippen LogP contribution in [0.1, 0.15) is 18.9 Å². The van der Waals surface area contributed by atoms with E-state index in [0.717, 1.165) is 17.5 Å². The van der Waals surface area contributed by atoms with E-state index < -0.39 is 15.4 Å². The van der Waals surface area contributed by atoms with E-state index in [1.165, 1.54) is 13.8 Å². The summed E-state index contributed by atoms with van der Waals surface area (Å²) in [6.45, 7) is 2.71. The molecule has 0 N–H and O–H groups in total. The molecule has 0 aliphatic carbocycles. The Bertz CT molecular complexity index is 386. The van der Waals surface area contributed by atoms with Gasteiger partial charge in [-0.25, -0.2) is 4.98 Å². The fourth-order valence-corrected chi connectivity index (χ4v) is 1.52. The summed E-state index contributed by atoms with van der Waals surface area (Å²) in [5, 5.41) is 20.9. The maximum atomic E-state index is 10.6. The Balaban J connectivity index is 3.09. The van der Waals surface area contributed by atoms with Crippen molar-refractivity contribution < 1.29 is 9.85 Å². The van der Waals surface area contributed by atoms with E-state index in [2.05, 4.69) is 4.98 Å². The van der Waals surface area contributed by atoms with E-state index in [9.17, 15) is 20.2 Å². The van der Waals surface area contributed by atoms with Gasteiger partial charge in [-0.3, -0.25) is 20.2 Å². The maximum Gasteiger partial charge on any atom is 0.344 e. The summed E-state index contributed by atoms with van der Waals surface area (Å²) < 4.78 is 0. The molecule has 0 spiro atoms. The Kier molecular flexibility index (Phi) is 2.47. The minimum absolute atomic E-state index is 0.134. The first-order valence-corrected chi connectivity index (χ1v) is 4.42. The summed E-state index contributed by atoms with van der Waals surface area (Å²) in [5.41, 5.74) is -1.38. The van der Waals surface area contributed by atoms with Crippen LogP contribution in [0.25, 0.3) is 0 Å². The molecule has 0 saturated carbocycles. The van der Waals surface area contributed by atoms with E-state index in [1.807, 2.05) is 0 Å². The van der Waals surface area contributed by atoms with Crippen LogP contribution in [0.2, 0.25) is 0 Å². The molecule has 0 amide bonds. The van der Waals surface area contributed by atoms with E-state index in [4.69, 9.17) is 0 Å². The lowest BCUT2D eigenvalue weighted by Crippen LogP contribution is -2.27. The molecule has 1 aromatic rings. The molecular formula is C6H7N3O4S. The average molecular weight is 217 g/mol. The van der Waals surface area contributed by atoms with Gasteiger partial charge < -0.3 is 0 Å². The molecule has 0 unspecified atom stereocenters.